The lowest BCUT2D eigenvalue weighted by molar-refractivity contribution is 0.661. The SMILES string of the molecule is CN1c2ccccc2Sc2ccc(/C=C/c3ccc4c(c3)C(C)(C)c3c[si](/C=C/c5ccc6c(c5)N(C)c5ccccc5S6)ccc3-4)cc21. The molecule has 5 aromatic carbocycles. The van der Waals surface area contributed by atoms with Gasteiger partial charge in [-0.15, -0.1) is 0 Å². The number of anilines is 4. The third-order valence-electron chi connectivity index (χ3n) is 10.2. The van der Waals surface area contributed by atoms with Gasteiger partial charge in [-0.25, -0.2) is 0 Å². The van der Waals surface area contributed by atoms with Crippen LogP contribution in [0.3, 0.4) is 0 Å². The van der Waals surface area contributed by atoms with Crippen LogP contribution in [0.25, 0.3) is 35.1 Å². The number of hydrogen-bond donors (Lipinski definition) is 0. The predicted molar refractivity (Wildman–Crippen MR) is 214 cm³/mol. The Morgan fingerprint density at radius 1 is 0.531 bits per heavy atom. The molecule has 1 aromatic heterocycles. The van der Waals surface area contributed by atoms with Crippen LogP contribution in [0.1, 0.15) is 41.7 Å². The van der Waals surface area contributed by atoms with E-state index in [4.69, 9.17) is 0 Å². The topological polar surface area (TPSA) is 6.48 Å². The lowest BCUT2D eigenvalue weighted by Crippen LogP contribution is -2.16. The summed E-state index contributed by atoms with van der Waals surface area (Å²) in [4.78, 5) is 9.87. The Bertz CT molecular complexity index is 2210. The van der Waals surface area contributed by atoms with Gasteiger partial charge in [-0.2, -0.15) is 0 Å². The van der Waals surface area contributed by atoms with Gasteiger partial charge in [-0.05, 0) is 87.5 Å². The lowest BCUT2D eigenvalue weighted by Gasteiger charge is -2.29. The van der Waals surface area contributed by atoms with Crippen molar-refractivity contribution in [3.05, 3.63) is 148 Å². The lowest BCUT2D eigenvalue weighted by atomic mass is 9.83. The van der Waals surface area contributed by atoms with E-state index in [9.17, 15) is 0 Å². The van der Waals surface area contributed by atoms with Crippen LogP contribution < -0.4 is 9.80 Å². The van der Waals surface area contributed by atoms with E-state index in [-0.39, 0.29) is 5.41 Å². The minimum absolute atomic E-state index is 0.0404. The molecular weight excluding hydrogens is 649 g/mol. The summed E-state index contributed by atoms with van der Waals surface area (Å²) < 4.78 is 0. The maximum absolute atomic E-state index is 2.57. The molecule has 0 N–H and O–H groups in total. The van der Waals surface area contributed by atoms with Crippen molar-refractivity contribution in [1.29, 1.82) is 0 Å². The van der Waals surface area contributed by atoms with Gasteiger partial charge in [0.05, 0.1) is 31.1 Å². The minimum Gasteiger partial charge on any atom is -0.343 e. The van der Waals surface area contributed by atoms with Crippen molar-refractivity contribution in [2.24, 2.45) is 0 Å². The van der Waals surface area contributed by atoms with Gasteiger partial charge in [-0.3, -0.25) is 0 Å². The Morgan fingerprint density at radius 3 is 1.67 bits per heavy atom. The Labute approximate surface area is 299 Å². The molecule has 0 bridgehead atoms. The Hall–Kier alpha value is -4.55. The average Bonchev–Trinajstić information content (AvgIpc) is 3.35. The molecule has 9 rings (SSSR count). The molecule has 6 aromatic rings. The average molecular weight is 685 g/mol. The summed E-state index contributed by atoms with van der Waals surface area (Å²) >= 11 is 3.72. The van der Waals surface area contributed by atoms with Gasteiger partial charge in [0.25, 0.3) is 0 Å². The first-order valence-corrected chi connectivity index (χ1v) is 20.1. The number of hydrogen-bond acceptors (Lipinski definition) is 4. The quantitative estimate of drug-likeness (QED) is 0.135. The standard InChI is InChI=1S/C44H36N2S2Si/c1-44(2)34-25-29(13-14-30-16-19-42-38(26-30)45(3)36-9-5-7-11-40(36)47-42)15-18-32(34)33-22-24-49(28-35(33)44)23-21-31-17-20-43-39(27-31)46(4)37-10-6-8-12-41(37)48-43/h5-28H,1-4H3/b14-13+,23-21+. The molecule has 0 fully saturated rings. The summed E-state index contributed by atoms with van der Waals surface area (Å²) in [6, 6.07) is 40.4. The van der Waals surface area contributed by atoms with Crippen molar-refractivity contribution >= 4 is 78.6 Å². The van der Waals surface area contributed by atoms with Gasteiger partial charge in [0.1, 0.15) is 0 Å². The minimum atomic E-state index is -0.937. The van der Waals surface area contributed by atoms with Crippen LogP contribution in [-0.4, -0.2) is 22.5 Å². The van der Waals surface area contributed by atoms with Crippen LogP contribution >= 0.6 is 23.5 Å². The fourth-order valence-electron chi connectivity index (χ4n) is 7.48. The molecule has 0 spiro atoms. The van der Waals surface area contributed by atoms with Crippen LogP contribution in [0.4, 0.5) is 22.7 Å². The zero-order valence-corrected chi connectivity index (χ0v) is 30.7. The number of benzene rings is 5. The van der Waals surface area contributed by atoms with E-state index in [2.05, 4.69) is 182 Å². The second-order valence-corrected chi connectivity index (χ2v) is 17.7. The Balaban J connectivity index is 0.953. The molecule has 3 heterocycles. The van der Waals surface area contributed by atoms with Gasteiger partial charge in [0.15, 0.2) is 0 Å². The molecule has 1 aliphatic carbocycles. The third kappa shape index (κ3) is 5.23. The third-order valence-corrected chi connectivity index (χ3v) is 14.2. The number of rotatable bonds is 4. The van der Waals surface area contributed by atoms with Crippen LogP contribution in [0.15, 0.2) is 140 Å². The summed E-state index contributed by atoms with van der Waals surface area (Å²) in [6.07, 6.45) is 6.85. The molecule has 0 radical (unpaired) electrons. The molecule has 49 heavy (non-hydrogen) atoms. The summed E-state index contributed by atoms with van der Waals surface area (Å²) in [6.45, 7) is 4.79. The zero-order chi connectivity index (χ0) is 33.3. The van der Waals surface area contributed by atoms with Crippen molar-refractivity contribution in [2.75, 3.05) is 23.9 Å². The molecule has 238 valence electrons. The number of para-hydroxylation sites is 2. The first kappa shape index (κ1) is 30.5. The molecular formula is C44H36N2S2Si. The van der Waals surface area contributed by atoms with E-state index in [1.165, 1.54) is 81.3 Å². The largest absolute Gasteiger partial charge is 0.343 e. The molecule has 5 heteroatoms. The summed E-state index contributed by atoms with van der Waals surface area (Å²) in [5.74, 6) is 0. The van der Waals surface area contributed by atoms with Gasteiger partial charge >= 0.3 is 0 Å². The zero-order valence-electron chi connectivity index (χ0n) is 28.1. The molecule has 3 aliphatic rings. The van der Waals surface area contributed by atoms with Gasteiger partial charge in [-0.1, -0.05) is 133 Å². The Morgan fingerprint density at radius 2 is 1.04 bits per heavy atom. The van der Waals surface area contributed by atoms with E-state index in [1.54, 1.807) is 0 Å². The molecule has 0 unspecified atom stereocenters. The van der Waals surface area contributed by atoms with Crippen molar-refractivity contribution in [3.63, 3.8) is 0 Å². The number of fused-ring (bicyclic) bond motifs is 7. The van der Waals surface area contributed by atoms with E-state index < -0.39 is 8.40 Å². The van der Waals surface area contributed by atoms with Crippen molar-refractivity contribution in [2.45, 2.75) is 38.8 Å². The van der Waals surface area contributed by atoms with E-state index in [0.717, 1.165) is 0 Å². The molecule has 0 saturated carbocycles. The smallest absolute Gasteiger partial charge is 0.0649 e. The highest BCUT2D eigenvalue weighted by Gasteiger charge is 2.35. The maximum atomic E-state index is 2.57. The first-order chi connectivity index (χ1) is 23.8. The monoisotopic (exact) mass is 684 g/mol. The van der Waals surface area contributed by atoms with Crippen LogP contribution in [0.5, 0.6) is 0 Å². The van der Waals surface area contributed by atoms with Crippen molar-refractivity contribution < 1.29 is 0 Å². The van der Waals surface area contributed by atoms with Gasteiger partial charge in [0, 0.05) is 39.1 Å². The molecule has 0 saturated heterocycles. The normalized spacial score (nSPS) is 15.1. The summed E-state index contributed by atoms with van der Waals surface area (Å²) in [5.41, 5.74) is 21.8. The second-order valence-electron chi connectivity index (χ2n) is 13.6. The van der Waals surface area contributed by atoms with Crippen LogP contribution in [-0.2, 0) is 5.41 Å². The maximum Gasteiger partial charge on any atom is 0.0649 e. The molecule has 0 amide bonds. The second kappa shape index (κ2) is 11.8. The summed E-state index contributed by atoms with van der Waals surface area (Å²) in [7, 11) is 3.41. The summed E-state index contributed by atoms with van der Waals surface area (Å²) in [5, 5.41) is 0. The molecule has 2 aliphatic heterocycles. The van der Waals surface area contributed by atoms with Gasteiger partial charge < -0.3 is 9.80 Å². The predicted octanol–water partition coefficient (Wildman–Crippen LogP) is 12.3. The molecule has 2 nitrogen and oxygen atoms in total. The highest BCUT2D eigenvalue weighted by molar-refractivity contribution is 8.00. The van der Waals surface area contributed by atoms with Gasteiger partial charge in [0.2, 0.25) is 0 Å². The van der Waals surface area contributed by atoms with E-state index in [0.29, 0.717) is 0 Å². The molecule has 0 atom stereocenters. The fraction of sp³-hybridized carbons (Fsp3) is 0.114. The Kier molecular flexibility index (Phi) is 7.35. The fourth-order valence-corrected chi connectivity index (χ4v) is 11.6. The highest BCUT2D eigenvalue weighted by Crippen LogP contribution is 2.50. The van der Waals surface area contributed by atoms with Crippen LogP contribution in [0.2, 0.25) is 0 Å². The van der Waals surface area contributed by atoms with Crippen molar-refractivity contribution in [1.82, 2.24) is 0 Å². The van der Waals surface area contributed by atoms with E-state index >= 15 is 0 Å². The van der Waals surface area contributed by atoms with E-state index in [1.807, 2.05) is 23.5 Å². The highest BCUT2D eigenvalue weighted by atomic mass is 32.2. The van der Waals surface area contributed by atoms with Crippen LogP contribution in [0, 0.1) is 0 Å². The first-order valence-electron chi connectivity index (χ1n) is 16.8. The number of nitrogens with zero attached hydrogens (tertiary/aromatic N) is 2. The van der Waals surface area contributed by atoms with Crippen molar-refractivity contribution in [3.8, 4) is 11.1 Å².